The third-order valence-corrected chi connectivity index (χ3v) is 6.89. The van der Waals surface area contributed by atoms with Gasteiger partial charge in [0.05, 0.1) is 6.10 Å². The number of amides is 2. The van der Waals surface area contributed by atoms with Crippen LogP contribution in [-0.2, 0) is 11.2 Å². The molecule has 2 aromatic carbocycles. The number of aromatic amines is 1. The van der Waals surface area contributed by atoms with Crippen LogP contribution in [0.3, 0.4) is 0 Å². The molecule has 0 saturated heterocycles. The maximum Gasteiger partial charge on any atom is 0.251 e. The number of carbonyl (C=O) groups excluding carboxylic acids is 2. The minimum Gasteiger partial charge on any atom is -0.387 e. The summed E-state index contributed by atoms with van der Waals surface area (Å²) in [5.74, 6) is -0.665. The first-order valence-electron chi connectivity index (χ1n) is 11.0. The molecule has 4 N–H and O–H groups in total. The van der Waals surface area contributed by atoms with E-state index < -0.39 is 12.1 Å². The van der Waals surface area contributed by atoms with Gasteiger partial charge in [-0.15, -0.1) is 11.3 Å². The molecule has 0 radical (unpaired) electrons. The van der Waals surface area contributed by atoms with E-state index in [1.807, 2.05) is 54.9 Å². The second kappa shape index (κ2) is 10.9. The van der Waals surface area contributed by atoms with Gasteiger partial charge < -0.3 is 20.7 Å². The Bertz CT molecular complexity index is 1250. The molecule has 0 saturated carbocycles. The molecule has 6 nitrogen and oxygen atoms in total. The number of para-hydroxylation sites is 1. The van der Waals surface area contributed by atoms with E-state index in [4.69, 9.17) is 11.6 Å². The predicted molar refractivity (Wildman–Crippen MR) is 136 cm³/mol. The number of aliphatic hydroxyl groups excluding tert-OH is 1. The topological polar surface area (TPSA) is 94.2 Å². The second-order valence-corrected chi connectivity index (χ2v) is 9.69. The molecular formula is C26H26ClN3O3S. The van der Waals surface area contributed by atoms with Crippen LogP contribution >= 0.6 is 22.9 Å². The van der Waals surface area contributed by atoms with Crippen LogP contribution in [0.25, 0.3) is 10.9 Å². The van der Waals surface area contributed by atoms with Crippen LogP contribution in [0.1, 0.15) is 40.2 Å². The summed E-state index contributed by atoms with van der Waals surface area (Å²) in [6, 6.07) is 17.0. The zero-order valence-corrected chi connectivity index (χ0v) is 20.2. The fourth-order valence-corrected chi connectivity index (χ4v) is 4.76. The van der Waals surface area contributed by atoms with Crippen molar-refractivity contribution in [1.82, 2.24) is 15.6 Å². The predicted octanol–water partition coefficient (Wildman–Crippen LogP) is 4.85. The highest BCUT2D eigenvalue weighted by atomic mass is 35.5. The quantitative estimate of drug-likeness (QED) is 0.267. The highest BCUT2D eigenvalue weighted by molar-refractivity contribution is 7.10. The van der Waals surface area contributed by atoms with E-state index in [1.165, 1.54) is 11.3 Å². The highest BCUT2D eigenvalue weighted by Gasteiger charge is 2.25. The number of halogens is 1. The Morgan fingerprint density at radius 2 is 1.82 bits per heavy atom. The van der Waals surface area contributed by atoms with E-state index in [0.29, 0.717) is 23.4 Å². The van der Waals surface area contributed by atoms with Crippen molar-refractivity contribution in [1.29, 1.82) is 0 Å². The molecule has 0 aliphatic carbocycles. The number of fused-ring (bicyclic) bond motifs is 1. The SMILES string of the molecule is CC(CC(O)c1cccs1)NC(=O)C(Cc1c[nH]c2ccccc12)NC(=O)c1ccc(Cl)cc1. The minimum atomic E-state index is -0.802. The summed E-state index contributed by atoms with van der Waals surface area (Å²) in [6.07, 6.45) is 1.89. The van der Waals surface area contributed by atoms with Gasteiger partial charge in [-0.3, -0.25) is 9.59 Å². The van der Waals surface area contributed by atoms with Crippen molar-refractivity contribution in [3.05, 3.63) is 93.3 Å². The van der Waals surface area contributed by atoms with E-state index in [0.717, 1.165) is 21.3 Å². The van der Waals surface area contributed by atoms with Gasteiger partial charge in [-0.1, -0.05) is 35.9 Å². The Morgan fingerprint density at radius 1 is 1.06 bits per heavy atom. The first kappa shape index (κ1) is 24.0. The molecule has 3 unspecified atom stereocenters. The van der Waals surface area contributed by atoms with Crippen LogP contribution in [0.15, 0.2) is 72.2 Å². The van der Waals surface area contributed by atoms with E-state index in [2.05, 4.69) is 15.6 Å². The molecule has 0 aliphatic rings. The Morgan fingerprint density at radius 3 is 2.56 bits per heavy atom. The number of benzene rings is 2. The van der Waals surface area contributed by atoms with Gasteiger partial charge in [0.25, 0.3) is 5.91 Å². The van der Waals surface area contributed by atoms with Crippen molar-refractivity contribution < 1.29 is 14.7 Å². The summed E-state index contributed by atoms with van der Waals surface area (Å²) >= 11 is 7.42. The van der Waals surface area contributed by atoms with Crippen molar-refractivity contribution in [2.45, 2.75) is 38.0 Å². The molecule has 0 spiro atoms. The fraction of sp³-hybridized carbons (Fsp3) is 0.231. The van der Waals surface area contributed by atoms with Gasteiger partial charge in [0.15, 0.2) is 0 Å². The van der Waals surface area contributed by atoms with Gasteiger partial charge in [0, 0.05) is 45.0 Å². The number of aliphatic hydroxyl groups is 1. The Kier molecular flexibility index (Phi) is 7.67. The molecule has 0 bridgehead atoms. The number of carbonyl (C=O) groups is 2. The van der Waals surface area contributed by atoms with Gasteiger partial charge in [-0.05, 0) is 60.7 Å². The lowest BCUT2D eigenvalue weighted by atomic mass is 10.0. The summed E-state index contributed by atoms with van der Waals surface area (Å²) in [5.41, 5.74) is 2.31. The molecule has 0 aliphatic heterocycles. The van der Waals surface area contributed by atoms with E-state index >= 15 is 0 Å². The molecule has 3 atom stereocenters. The lowest BCUT2D eigenvalue weighted by Crippen LogP contribution is -2.50. The third-order valence-electron chi connectivity index (χ3n) is 5.66. The Balaban J connectivity index is 1.50. The van der Waals surface area contributed by atoms with Gasteiger partial charge in [-0.25, -0.2) is 0 Å². The van der Waals surface area contributed by atoms with E-state index in [9.17, 15) is 14.7 Å². The van der Waals surface area contributed by atoms with Crippen LogP contribution in [0, 0.1) is 0 Å². The molecular weight excluding hydrogens is 470 g/mol. The lowest BCUT2D eigenvalue weighted by molar-refractivity contribution is -0.123. The molecule has 4 aromatic rings. The smallest absolute Gasteiger partial charge is 0.251 e. The number of nitrogens with one attached hydrogen (secondary N) is 3. The summed E-state index contributed by atoms with van der Waals surface area (Å²) < 4.78 is 0. The number of hydrogen-bond acceptors (Lipinski definition) is 4. The van der Waals surface area contributed by atoms with Crippen molar-refractivity contribution in [2.24, 2.45) is 0 Å². The van der Waals surface area contributed by atoms with Crippen molar-refractivity contribution in [3.8, 4) is 0 Å². The molecule has 8 heteroatoms. The number of thiophene rings is 1. The number of rotatable bonds is 9. The zero-order valence-electron chi connectivity index (χ0n) is 18.6. The van der Waals surface area contributed by atoms with E-state index in [-0.39, 0.29) is 17.9 Å². The lowest BCUT2D eigenvalue weighted by Gasteiger charge is -2.23. The van der Waals surface area contributed by atoms with E-state index in [1.54, 1.807) is 24.3 Å². The third kappa shape index (κ3) is 5.86. The minimum absolute atomic E-state index is 0.289. The first-order chi connectivity index (χ1) is 16.4. The highest BCUT2D eigenvalue weighted by Crippen LogP contribution is 2.23. The largest absolute Gasteiger partial charge is 0.387 e. The second-order valence-electron chi connectivity index (χ2n) is 8.27. The molecule has 2 amide bonds. The number of H-pyrrole nitrogens is 1. The molecule has 2 heterocycles. The molecule has 4 rings (SSSR count). The summed E-state index contributed by atoms with van der Waals surface area (Å²) in [7, 11) is 0. The maximum atomic E-state index is 13.3. The maximum absolute atomic E-state index is 13.3. The van der Waals surface area contributed by atoms with Gasteiger partial charge >= 0.3 is 0 Å². The van der Waals surface area contributed by atoms with Crippen molar-refractivity contribution >= 4 is 45.7 Å². The van der Waals surface area contributed by atoms with Crippen LogP contribution < -0.4 is 10.6 Å². The van der Waals surface area contributed by atoms with Crippen LogP contribution in [-0.4, -0.2) is 34.0 Å². The fourth-order valence-electron chi connectivity index (χ4n) is 3.91. The normalized spacial score (nSPS) is 13.9. The Labute approximate surface area is 207 Å². The number of aromatic nitrogens is 1. The molecule has 176 valence electrons. The van der Waals surface area contributed by atoms with Gasteiger partial charge in [-0.2, -0.15) is 0 Å². The average Bonchev–Trinajstić information content (AvgIpc) is 3.49. The molecule has 0 fully saturated rings. The van der Waals surface area contributed by atoms with Crippen LogP contribution in [0.2, 0.25) is 5.02 Å². The van der Waals surface area contributed by atoms with Crippen molar-refractivity contribution in [2.75, 3.05) is 0 Å². The van der Waals surface area contributed by atoms with Crippen LogP contribution in [0.4, 0.5) is 0 Å². The van der Waals surface area contributed by atoms with Crippen molar-refractivity contribution in [3.63, 3.8) is 0 Å². The molecule has 34 heavy (non-hydrogen) atoms. The summed E-state index contributed by atoms with van der Waals surface area (Å²) in [6.45, 7) is 1.85. The van der Waals surface area contributed by atoms with Crippen LogP contribution in [0.5, 0.6) is 0 Å². The van der Waals surface area contributed by atoms with Gasteiger partial charge in [0.1, 0.15) is 6.04 Å². The summed E-state index contributed by atoms with van der Waals surface area (Å²) in [5, 5.41) is 19.7. The molecule has 2 aromatic heterocycles. The first-order valence-corrected chi connectivity index (χ1v) is 12.3. The number of hydrogen-bond donors (Lipinski definition) is 4. The average molecular weight is 496 g/mol. The van der Waals surface area contributed by atoms with Gasteiger partial charge in [0.2, 0.25) is 5.91 Å². The summed E-state index contributed by atoms with van der Waals surface area (Å²) in [4.78, 5) is 30.2. The monoisotopic (exact) mass is 495 g/mol. The zero-order chi connectivity index (χ0) is 24.1. The standard InChI is InChI=1S/C26H26ClN3O3S/c1-16(13-23(31)24-7-4-12-34-24)29-26(33)22(30-25(32)17-8-10-19(27)11-9-17)14-18-15-28-21-6-3-2-5-20(18)21/h2-12,15-16,22-23,28,31H,13-14H2,1H3,(H,29,33)(H,30,32). The Hall–Kier alpha value is -3.13.